The predicted molar refractivity (Wildman–Crippen MR) is 46.2 cm³/mol. The van der Waals surface area contributed by atoms with Crippen LogP contribution in [0.15, 0.2) is 23.1 Å². The second-order valence-corrected chi connectivity index (χ2v) is 3.73. The molecular weight excluding hydrogens is 156 g/mol. The normalized spacial score (nSPS) is 15.2. The maximum Gasteiger partial charge on any atom is 0.174 e. The molecule has 0 bridgehead atoms. The van der Waals surface area contributed by atoms with Gasteiger partial charge >= 0.3 is 0 Å². The first-order valence-electron chi connectivity index (χ1n) is 3.54. The number of hydrogen-bond donors (Lipinski definition) is 0. The molecule has 1 heterocycles. The number of aryl methyl sites for hydroxylation is 1. The van der Waals surface area contributed by atoms with Crippen LogP contribution in [0.5, 0.6) is 0 Å². The molecule has 0 spiro atoms. The summed E-state index contributed by atoms with van der Waals surface area (Å²) >= 11 is 1.64. The van der Waals surface area contributed by atoms with Crippen LogP contribution < -0.4 is 0 Å². The van der Waals surface area contributed by atoms with Crippen LogP contribution in [0.1, 0.15) is 15.9 Å². The molecule has 2 rings (SSSR count). The summed E-state index contributed by atoms with van der Waals surface area (Å²) in [6.45, 7) is 2.05. The zero-order chi connectivity index (χ0) is 7.84. The van der Waals surface area contributed by atoms with Crippen LogP contribution in [0.3, 0.4) is 0 Å². The number of benzene rings is 1. The van der Waals surface area contributed by atoms with Crippen molar-refractivity contribution in [1.82, 2.24) is 0 Å². The van der Waals surface area contributed by atoms with Crippen molar-refractivity contribution in [3.05, 3.63) is 29.3 Å². The van der Waals surface area contributed by atoms with E-state index in [1.807, 2.05) is 19.1 Å². The first-order valence-corrected chi connectivity index (χ1v) is 4.52. The van der Waals surface area contributed by atoms with E-state index in [-0.39, 0.29) is 5.78 Å². The van der Waals surface area contributed by atoms with Crippen molar-refractivity contribution in [2.45, 2.75) is 11.8 Å². The zero-order valence-corrected chi connectivity index (χ0v) is 7.07. The third kappa shape index (κ3) is 1.07. The molecule has 0 saturated heterocycles. The lowest BCUT2D eigenvalue weighted by Crippen LogP contribution is -1.93. The van der Waals surface area contributed by atoms with Crippen molar-refractivity contribution in [2.24, 2.45) is 0 Å². The van der Waals surface area contributed by atoms with E-state index in [4.69, 9.17) is 0 Å². The molecule has 1 aliphatic heterocycles. The number of carbonyl (C=O) groups is 1. The van der Waals surface area contributed by atoms with E-state index in [0.717, 1.165) is 10.5 Å². The van der Waals surface area contributed by atoms with Gasteiger partial charge in [-0.25, -0.2) is 0 Å². The van der Waals surface area contributed by atoms with Crippen molar-refractivity contribution in [2.75, 3.05) is 5.75 Å². The Bertz CT molecular complexity index is 317. The maximum absolute atomic E-state index is 11.2. The molecule has 2 heteroatoms. The summed E-state index contributed by atoms with van der Waals surface area (Å²) in [6.07, 6.45) is 0. The lowest BCUT2D eigenvalue weighted by atomic mass is 10.1. The molecule has 0 aromatic heterocycles. The van der Waals surface area contributed by atoms with Gasteiger partial charge < -0.3 is 0 Å². The van der Waals surface area contributed by atoms with Crippen molar-refractivity contribution in [1.29, 1.82) is 0 Å². The monoisotopic (exact) mass is 164 g/mol. The molecule has 1 aliphatic rings. The summed E-state index contributed by atoms with van der Waals surface area (Å²) in [5, 5.41) is 0. The van der Waals surface area contributed by atoms with Crippen molar-refractivity contribution in [3.63, 3.8) is 0 Å². The standard InChI is InChI=1S/C9H8OS/c1-6-2-3-7-8(10)5-11-9(7)4-6/h2-4H,5H2,1H3. The molecule has 0 fully saturated rings. The van der Waals surface area contributed by atoms with Gasteiger partial charge in [0.2, 0.25) is 0 Å². The maximum atomic E-state index is 11.2. The zero-order valence-electron chi connectivity index (χ0n) is 6.26. The molecule has 0 N–H and O–H groups in total. The molecule has 1 aromatic rings. The van der Waals surface area contributed by atoms with Crippen LogP contribution in [0.25, 0.3) is 0 Å². The van der Waals surface area contributed by atoms with E-state index in [0.29, 0.717) is 5.75 Å². The highest BCUT2D eigenvalue weighted by molar-refractivity contribution is 8.00. The van der Waals surface area contributed by atoms with Gasteiger partial charge in [-0.15, -0.1) is 11.8 Å². The SMILES string of the molecule is Cc1ccc2c(c1)SCC2=O. The van der Waals surface area contributed by atoms with Gasteiger partial charge in [-0.3, -0.25) is 4.79 Å². The molecule has 0 saturated carbocycles. The molecule has 0 radical (unpaired) electrons. The van der Waals surface area contributed by atoms with E-state index in [2.05, 4.69) is 6.07 Å². The first kappa shape index (κ1) is 6.92. The summed E-state index contributed by atoms with van der Waals surface area (Å²) < 4.78 is 0. The Morgan fingerprint density at radius 3 is 3.09 bits per heavy atom. The van der Waals surface area contributed by atoms with Gasteiger partial charge in [0, 0.05) is 10.5 Å². The smallest absolute Gasteiger partial charge is 0.174 e. The molecule has 0 unspecified atom stereocenters. The highest BCUT2D eigenvalue weighted by atomic mass is 32.2. The Hall–Kier alpha value is -0.760. The van der Waals surface area contributed by atoms with Gasteiger partial charge in [0.25, 0.3) is 0 Å². The molecule has 11 heavy (non-hydrogen) atoms. The highest BCUT2D eigenvalue weighted by Crippen LogP contribution is 2.31. The van der Waals surface area contributed by atoms with Crippen molar-refractivity contribution >= 4 is 17.5 Å². The van der Waals surface area contributed by atoms with E-state index >= 15 is 0 Å². The minimum atomic E-state index is 0.269. The second kappa shape index (κ2) is 2.38. The summed E-state index contributed by atoms with van der Waals surface area (Å²) in [6, 6.07) is 5.99. The lowest BCUT2D eigenvalue weighted by Gasteiger charge is -1.96. The Kier molecular flexibility index (Phi) is 1.50. The van der Waals surface area contributed by atoms with Crippen LogP contribution in [0.2, 0.25) is 0 Å². The van der Waals surface area contributed by atoms with Gasteiger partial charge in [0.15, 0.2) is 5.78 Å². The molecular formula is C9H8OS. The number of thioether (sulfide) groups is 1. The molecule has 0 atom stereocenters. The lowest BCUT2D eigenvalue weighted by molar-refractivity contribution is 0.102. The summed E-state index contributed by atoms with van der Waals surface area (Å²) in [5.74, 6) is 0.892. The largest absolute Gasteiger partial charge is 0.293 e. The number of ketones is 1. The predicted octanol–water partition coefficient (Wildman–Crippen LogP) is 2.28. The molecule has 56 valence electrons. The summed E-state index contributed by atoms with van der Waals surface area (Å²) in [4.78, 5) is 12.3. The second-order valence-electron chi connectivity index (χ2n) is 2.71. The number of fused-ring (bicyclic) bond motifs is 1. The third-order valence-electron chi connectivity index (χ3n) is 1.80. The van der Waals surface area contributed by atoms with Gasteiger partial charge in [0.05, 0.1) is 5.75 Å². The Labute approximate surface area is 69.8 Å². The summed E-state index contributed by atoms with van der Waals surface area (Å²) in [5.41, 5.74) is 2.13. The molecule has 0 amide bonds. The quantitative estimate of drug-likeness (QED) is 0.585. The number of rotatable bonds is 0. The number of hydrogen-bond acceptors (Lipinski definition) is 2. The Morgan fingerprint density at radius 1 is 1.45 bits per heavy atom. The third-order valence-corrected chi connectivity index (χ3v) is 2.85. The molecule has 1 nitrogen and oxygen atoms in total. The van der Waals surface area contributed by atoms with Crippen LogP contribution in [0, 0.1) is 6.92 Å². The fourth-order valence-electron chi connectivity index (χ4n) is 1.20. The van der Waals surface area contributed by atoms with Crippen LogP contribution in [-0.4, -0.2) is 11.5 Å². The van der Waals surface area contributed by atoms with E-state index < -0.39 is 0 Å². The minimum Gasteiger partial charge on any atom is -0.293 e. The molecule has 0 aliphatic carbocycles. The Balaban J connectivity index is 2.59. The van der Waals surface area contributed by atoms with Crippen LogP contribution >= 0.6 is 11.8 Å². The van der Waals surface area contributed by atoms with E-state index in [9.17, 15) is 4.79 Å². The molecule has 1 aromatic carbocycles. The first-order chi connectivity index (χ1) is 5.27. The van der Waals surface area contributed by atoms with E-state index in [1.54, 1.807) is 11.8 Å². The summed E-state index contributed by atoms with van der Waals surface area (Å²) in [7, 11) is 0. The van der Waals surface area contributed by atoms with Gasteiger partial charge in [-0.1, -0.05) is 6.07 Å². The Morgan fingerprint density at radius 2 is 2.27 bits per heavy atom. The van der Waals surface area contributed by atoms with Gasteiger partial charge in [0.1, 0.15) is 0 Å². The highest BCUT2D eigenvalue weighted by Gasteiger charge is 2.18. The fraction of sp³-hybridized carbons (Fsp3) is 0.222. The average Bonchev–Trinajstić information content (AvgIpc) is 2.32. The fourth-order valence-corrected chi connectivity index (χ4v) is 2.25. The number of Topliss-reactive ketones (excluding diaryl/α,β-unsaturated/α-hetero) is 1. The van der Waals surface area contributed by atoms with Gasteiger partial charge in [-0.05, 0) is 24.6 Å². The average molecular weight is 164 g/mol. The van der Waals surface area contributed by atoms with Crippen LogP contribution in [0.4, 0.5) is 0 Å². The van der Waals surface area contributed by atoms with E-state index in [1.165, 1.54) is 5.56 Å². The topological polar surface area (TPSA) is 17.1 Å². The van der Waals surface area contributed by atoms with Crippen molar-refractivity contribution in [3.8, 4) is 0 Å². The van der Waals surface area contributed by atoms with Gasteiger partial charge in [-0.2, -0.15) is 0 Å². The van der Waals surface area contributed by atoms with Crippen molar-refractivity contribution < 1.29 is 4.79 Å². The minimum absolute atomic E-state index is 0.269. The van der Waals surface area contributed by atoms with Crippen LogP contribution in [-0.2, 0) is 0 Å². The number of carbonyl (C=O) groups excluding carboxylic acids is 1.